The van der Waals surface area contributed by atoms with Gasteiger partial charge in [-0.05, 0) is 42.9 Å². The summed E-state index contributed by atoms with van der Waals surface area (Å²) in [5.41, 5.74) is 1.27. The summed E-state index contributed by atoms with van der Waals surface area (Å²) >= 11 is 0. The molecule has 1 N–H and O–H groups in total. The standard InChI is InChI=1S/C18H26N2O/c1-15-7-2-3-10-18(15)20-14-16-8-6-9-17(13-16)21-12-5-4-11-19/h6,8-9,13,15,18,20H,2-5,7,10,12,14H2,1H3. The molecule has 1 aliphatic carbocycles. The number of hydrogen-bond donors (Lipinski definition) is 1. The van der Waals surface area contributed by atoms with Gasteiger partial charge in [0.25, 0.3) is 0 Å². The highest BCUT2D eigenvalue weighted by atomic mass is 16.5. The van der Waals surface area contributed by atoms with Crippen molar-refractivity contribution in [2.24, 2.45) is 5.92 Å². The minimum Gasteiger partial charge on any atom is -0.494 e. The van der Waals surface area contributed by atoms with Crippen LogP contribution in [0.4, 0.5) is 0 Å². The van der Waals surface area contributed by atoms with Gasteiger partial charge in [0.1, 0.15) is 5.75 Å². The number of benzene rings is 1. The second kappa shape index (κ2) is 8.69. The summed E-state index contributed by atoms with van der Waals surface area (Å²) in [5, 5.41) is 12.2. The van der Waals surface area contributed by atoms with E-state index in [1.165, 1.54) is 31.2 Å². The van der Waals surface area contributed by atoms with E-state index in [1.807, 2.05) is 12.1 Å². The van der Waals surface area contributed by atoms with Gasteiger partial charge in [-0.15, -0.1) is 0 Å². The average molecular weight is 286 g/mol. The van der Waals surface area contributed by atoms with Crippen LogP contribution in [-0.4, -0.2) is 12.6 Å². The van der Waals surface area contributed by atoms with Gasteiger partial charge in [0.05, 0.1) is 12.7 Å². The first-order chi connectivity index (χ1) is 10.3. The lowest BCUT2D eigenvalue weighted by Crippen LogP contribution is -2.36. The number of nitrogens with one attached hydrogen (secondary N) is 1. The number of unbranched alkanes of at least 4 members (excludes halogenated alkanes) is 1. The summed E-state index contributed by atoms with van der Waals surface area (Å²) in [6.45, 7) is 3.88. The van der Waals surface area contributed by atoms with Crippen molar-refractivity contribution < 1.29 is 4.74 Å². The van der Waals surface area contributed by atoms with Gasteiger partial charge in [-0.2, -0.15) is 5.26 Å². The monoisotopic (exact) mass is 286 g/mol. The van der Waals surface area contributed by atoms with Crippen LogP contribution in [0.2, 0.25) is 0 Å². The quantitative estimate of drug-likeness (QED) is 0.769. The number of ether oxygens (including phenoxy) is 1. The zero-order chi connectivity index (χ0) is 14.9. The maximum atomic E-state index is 8.51. The molecule has 0 aromatic heterocycles. The molecule has 2 unspecified atom stereocenters. The van der Waals surface area contributed by atoms with Gasteiger partial charge in [-0.3, -0.25) is 0 Å². The van der Waals surface area contributed by atoms with Crippen LogP contribution in [0.5, 0.6) is 5.75 Å². The summed E-state index contributed by atoms with van der Waals surface area (Å²) in [4.78, 5) is 0. The van der Waals surface area contributed by atoms with Gasteiger partial charge in [0.15, 0.2) is 0 Å². The second-order valence-electron chi connectivity index (χ2n) is 6.01. The van der Waals surface area contributed by atoms with E-state index >= 15 is 0 Å². The summed E-state index contributed by atoms with van der Waals surface area (Å²) in [7, 11) is 0. The van der Waals surface area contributed by atoms with Gasteiger partial charge in [0.2, 0.25) is 0 Å². The molecule has 0 spiro atoms. The predicted octanol–water partition coefficient (Wildman–Crippen LogP) is 4.04. The molecule has 1 aromatic carbocycles. The Balaban J connectivity index is 1.79. The van der Waals surface area contributed by atoms with Crippen LogP contribution in [0.15, 0.2) is 24.3 Å². The molecule has 1 saturated carbocycles. The third-order valence-electron chi connectivity index (χ3n) is 4.28. The van der Waals surface area contributed by atoms with Crippen LogP contribution in [-0.2, 0) is 6.54 Å². The fourth-order valence-corrected chi connectivity index (χ4v) is 2.95. The highest BCUT2D eigenvalue weighted by Crippen LogP contribution is 2.24. The van der Waals surface area contributed by atoms with Crippen molar-refractivity contribution in [3.05, 3.63) is 29.8 Å². The van der Waals surface area contributed by atoms with Crippen molar-refractivity contribution in [3.8, 4) is 11.8 Å². The van der Waals surface area contributed by atoms with Crippen molar-refractivity contribution in [2.45, 2.75) is 58.0 Å². The van der Waals surface area contributed by atoms with E-state index in [0.29, 0.717) is 19.1 Å². The molecule has 0 bridgehead atoms. The third-order valence-corrected chi connectivity index (χ3v) is 4.28. The van der Waals surface area contributed by atoms with Gasteiger partial charge in [0, 0.05) is 19.0 Å². The number of rotatable bonds is 7. The summed E-state index contributed by atoms with van der Waals surface area (Å²) < 4.78 is 5.68. The fourth-order valence-electron chi connectivity index (χ4n) is 2.95. The first-order valence-corrected chi connectivity index (χ1v) is 8.11. The largest absolute Gasteiger partial charge is 0.494 e. The number of hydrogen-bond acceptors (Lipinski definition) is 3. The Morgan fingerprint density at radius 1 is 1.33 bits per heavy atom. The molecular weight excluding hydrogens is 260 g/mol. The highest BCUT2D eigenvalue weighted by molar-refractivity contribution is 5.28. The first kappa shape index (κ1) is 15.9. The molecule has 3 heteroatoms. The van der Waals surface area contributed by atoms with Gasteiger partial charge in [-0.1, -0.05) is 31.9 Å². The smallest absolute Gasteiger partial charge is 0.119 e. The molecule has 114 valence electrons. The van der Waals surface area contributed by atoms with Crippen molar-refractivity contribution in [1.29, 1.82) is 5.26 Å². The molecule has 1 aromatic rings. The minimum absolute atomic E-state index is 0.556. The normalized spacial score (nSPS) is 21.7. The Kier molecular flexibility index (Phi) is 6.56. The molecule has 0 radical (unpaired) electrons. The molecule has 0 amide bonds. The summed E-state index contributed by atoms with van der Waals surface area (Å²) in [6, 6.07) is 11.1. The Morgan fingerprint density at radius 3 is 3.00 bits per heavy atom. The lowest BCUT2D eigenvalue weighted by Gasteiger charge is -2.29. The highest BCUT2D eigenvalue weighted by Gasteiger charge is 2.20. The number of nitriles is 1. The Hall–Kier alpha value is -1.53. The fraction of sp³-hybridized carbons (Fsp3) is 0.611. The van der Waals surface area contributed by atoms with Crippen LogP contribution >= 0.6 is 0 Å². The van der Waals surface area contributed by atoms with Crippen LogP contribution in [0.25, 0.3) is 0 Å². The lowest BCUT2D eigenvalue weighted by molar-refractivity contribution is 0.279. The van der Waals surface area contributed by atoms with E-state index in [2.05, 4.69) is 30.4 Å². The van der Waals surface area contributed by atoms with Crippen LogP contribution < -0.4 is 10.1 Å². The molecule has 2 atom stereocenters. The van der Waals surface area contributed by atoms with Gasteiger partial charge < -0.3 is 10.1 Å². The van der Waals surface area contributed by atoms with Crippen LogP contribution in [0, 0.1) is 17.2 Å². The molecule has 2 rings (SSSR count). The SMILES string of the molecule is CC1CCCCC1NCc1cccc(OCCCC#N)c1. The van der Waals surface area contributed by atoms with E-state index in [-0.39, 0.29) is 0 Å². The molecular formula is C18H26N2O. The Labute approximate surface area is 128 Å². The van der Waals surface area contributed by atoms with Crippen molar-refractivity contribution in [3.63, 3.8) is 0 Å². The maximum Gasteiger partial charge on any atom is 0.119 e. The molecule has 1 aliphatic rings. The van der Waals surface area contributed by atoms with Gasteiger partial charge >= 0.3 is 0 Å². The van der Waals surface area contributed by atoms with Crippen molar-refractivity contribution >= 4 is 0 Å². The maximum absolute atomic E-state index is 8.51. The average Bonchev–Trinajstić information content (AvgIpc) is 2.51. The minimum atomic E-state index is 0.556. The second-order valence-corrected chi connectivity index (χ2v) is 6.01. The molecule has 0 heterocycles. The van der Waals surface area contributed by atoms with E-state index in [4.69, 9.17) is 10.00 Å². The third kappa shape index (κ3) is 5.40. The zero-order valence-corrected chi connectivity index (χ0v) is 13.0. The molecule has 21 heavy (non-hydrogen) atoms. The summed E-state index contributed by atoms with van der Waals surface area (Å²) in [5.74, 6) is 1.69. The molecule has 0 aliphatic heterocycles. The van der Waals surface area contributed by atoms with E-state index in [0.717, 1.165) is 24.6 Å². The first-order valence-electron chi connectivity index (χ1n) is 8.11. The molecule has 0 saturated heterocycles. The van der Waals surface area contributed by atoms with E-state index in [1.54, 1.807) is 0 Å². The van der Waals surface area contributed by atoms with Crippen molar-refractivity contribution in [1.82, 2.24) is 5.32 Å². The topological polar surface area (TPSA) is 45.0 Å². The summed E-state index contributed by atoms with van der Waals surface area (Å²) in [6.07, 6.45) is 6.72. The van der Waals surface area contributed by atoms with E-state index < -0.39 is 0 Å². The molecule has 3 nitrogen and oxygen atoms in total. The number of nitrogens with zero attached hydrogens (tertiary/aromatic N) is 1. The zero-order valence-electron chi connectivity index (χ0n) is 13.0. The van der Waals surface area contributed by atoms with Gasteiger partial charge in [-0.25, -0.2) is 0 Å². The lowest BCUT2D eigenvalue weighted by atomic mass is 9.86. The Morgan fingerprint density at radius 2 is 2.19 bits per heavy atom. The predicted molar refractivity (Wildman–Crippen MR) is 85.0 cm³/mol. The molecule has 1 fully saturated rings. The van der Waals surface area contributed by atoms with Crippen LogP contribution in [0.1, 0.15) is 51.0 Å². The van der Waals surface area contributed by atoms with Crippen molar-refractivity contribution in [2.75, 3.05) is 6.61 Å². The van der Waals surface area contributed by atoms with E-state index in [9.17, 15) is 0 Å². The van der Waals surface area contributed by atoms with Crippen LogP contribution in [0.3, 0.4) is 0 Å². The Bertz CT molecular complexity index is 467.